The maximum absolute atomic E-state index is 12.3. The third kappa shape index (κ3) is 5.74. The molecule has 0 saturated heterocycles. The van der Waals surface area contributed by atoms with Gasteiger partial charge in [0.15, 0.2) is 0 Å². The van der Waals surface area contributed by atoms with Crippen LogP contribution in [0.1, 0.15) is 11.1 Å². The summed E-state index contributed by atoms with van der Waals surface area (Å²) in [5.74, 6) is -0.472. The first-order chi connectivity index (χ1) is 16.1. The highest BCUT2D eigenvalue weighted by Crippen LogP contribution is 2.24. The molecule has 4 aromatic rings. The highest BCUT2D eigenvalue weighted by molar-refractivity contribution is 5.96. The van der Waals surface area contributed by atoms with Gasteiger partial charge in [-0.15, -0.1) is 0 Å². The van der Waals surface area contributed by atoms with Gasteiger partial charge in [0.05, 0.1) is 11.4 Å². The van der Waals surface area contributed by atoms with Crippen LogP contribution >= 0.6 is 0 Å². The van der Waals surface area contributed by atoms with Gasteiger partial charge in [-0.25, -0.2) is 14.9 Å². The molecule has 0 unspecified atom stereocenters. The number of aryl methyl sites for hydroxylation is 1. The van der Waals surface area contributed by atoms with E-state index in [0.717, 1.165) is 28.1 Å². The van der Waals surface area contributed by atoms with Crippen LogP contribution in [-0.2, 0) is 4.79 Å². The lowest BCUT2D eigenvalue weighted by molar-refractivity contribution is -0.117. The number of aromatic nitrogens is 2. The van der Waals surface area contributed by atoms with Gasteiger partial charge >= 0.3 is 6.03 Å². The molecule has 3 amide bonds. The van der Waals surface area contributed by atoms with Gasteiger partial charge in [0.2, 0.25) is 0 Å². The first-order valence-electron chi connectivity index (χ1n) is 10.4. The van der Waals surface area contributed by atoms with Crippen LogP contribution in [-0.4, -0.2) is 21.7 Å². The number of carbonyl (C=O) groups excluding carboxylic acids is 2. The number of urea groups is 1. The molecule has 0 atom stereocenters. The Morgan fingerprint density at radius 2 is 1.52 bits per heavy atom. The minimum Gasteiger partial charge on any atom is -0.307 e. The van der Waals surface area contributed by atoms with Crippen molar-refractivity contribution >= 4 is 23.7 Å². The predicted octanol–water partition coefficient (Wildman–Crippen LogP) is 4.71. The average Bonchev–Trinajstić information content (AvgIpc) is 3.28. The summed E-state index contributed by atoms with van der Waals surface area (Å²) >= 11 is 0. The Bertz CT molecular complexity index is 1260. The molecule has 0 aliphatic rings. The second-order valence-corrected chi connectivity index (χ2v) is 7.35. The SMILES string of the molecule is Cc1ccc(NC(=O)NNC(=O)/C=C/c2cn(-c3ccccc3)nc2-c2ccccc2)cc1. The summed E-state index contributed by atoms with van der Waals surface area (Å²) in [6.45, 7) is 1.96. The normalized spacial score (nSPS) is 10.7. The van der Waals surface area contributed by atoms with Gasteiger partial charge in [-0.2, -0.15) is 5.10 Å². The quantitative estimate of drug-likeness (QED) is 0.312. The maximum atomic E-state index is 12.3. The molecule has 0 aliphatic heterocycles. The monoisotopic (exact) mass is 437 g/mol. The fourth-order valence-electron chi connectivity index (χ4n) is 3.17. The number of anilines is 1. The molecule has 0 radical (unpaired) electrons. The fourth-order valence-corrected chi connectivity index (χ4v) is 3.17. The van der Waals surface area contributed by atoms with Crippen molar-refractivity contribution in [3.8, 4) is 16.9 Å². The van der Waals surface area contributed by atoms with E-state index in [2.05, 4.69) is 16.2 Å². The van der Waals surface area contributed by atoms with E-state index in [1.54, 1.807) is 22.9 Å². The van der Waals surface area contributed by atoms with Crippen LogP contribution in [0, 0.1) is 6.92 Å². The van der Waals surface area contributed by atoms with E-state index in [1.165, 1.54) is 6.08 Å². The number of carbonyl (C=O) groups is 2. The van der Waals surface area contributed by atoms with E-state index in [-0.39, 0.29) is 0 Å². The van der Waals surface area contributed by atoms with Crippen LogP contribution < -0.4 is 16.2 Å². The molecule has 7 heteroatoms. The number of nitrogens with one attached hydrogen (secondary N) is 3. The highest BCUT2D eigenvalue weighted by Gasteiger charge is 2.11. The molecule has 33 heavy (non-hydrogen) atoms. The molecule has 0 saturated carbocycles. The molecule has 7 nitrogen and oxygen atoms in total. The number of hydrogen-bond acceptors (Lipinski definition) is 3. The van der Waals surface area contributed by atoms with Gasteiger partial charge in [0.1, 0.15) is 0 Å². The summed E-state index contributed by atoms with van der Waals surface area (Å²) in [5.41, 5.74) is 9.78. The van der Waals surface area contributed by atoms with E-state index in [4.69, 9.17) is 5.10 Å². The van der Waals surface area contributed by atoms with Crippen molar-refractivity contribution in [1.82, 2.24) is 20.6 Å². The first-order valence-corrected chi connectivity index (χ1v) is 10.4. The average molecular weight is 438 g/mol. The zero-order valence-corrected chi connectivity index (χ0v) is 18.0. The van der Waals surface area contributed by atoms with Gasteiger partial charge in [-0.3, -0.25) is 10.2 Å². The van der Waals surface area contributed by atoms with Gasteiger partial charge in [0, 0.05) is 29.1 Å². The third-order valence-corrected chi connectivity index (χ3v) is 4.83. The second-order valence-electron chi connectivity index (χ2n) is 7.35. The highest BCUT2D eigenvalue weighted by atomic mass is 16.2. The number of amides is 3. The smallest absolute Gasteiger partial charge is 0.307 e. The van der Waals surface area contributed by atoms with E-state index in [1.807, 2.05) is 85.9 Å². The van der Waals surface area contributed by atoms with E-state index < -0.39 is 11.9 Å². The topological polar surface area (TPSA) is 88.0 Å². The number of benzene rings is 3. The zero-order valence-electron chi connectivity index (χ0n) is 18.0. The lowest BCUT2D eigenvalue weighted by Crippen LogP contribution is -2.43. The largest absolute Gasteiger partial charge is 0.337 e. The van der Waals surface area contributed by atoms with Crippen LogP contribution in [0.2, 0.25) is 0 Å². The molecule has 0 fully saturated rings. The van der Waals surface area contributed by atoms with Crippen molar-refractivity contribution in [2.24, 2.45) is 0 Å². The number of hydrogen-bond donors (Lipinski definition) is 3. The number of hydrazine groups is 1. The molecule has 0 aliphatic carbocycles. The minimum atomic E-state index is -0.539. The maximum Gasteiger partial charge on any atom is 0.337 e. The van der Waals surface area contributed by atoms with Crippen LogP contribution in [0.4, 0.5) is 10.5 Å². The Morgan fingerprint density at radius 1 is 0.848 bits per heavy atom. The number of rotatable bonds is 5. The molecule has 1 heterocycles. The molecule has 4 rings (SSSR count). The Hall–Kier alpha value is -4.65. The van der Waals surface area contributed by atoms with Crippen molar-refractivity contribution < 1.29 is 9.59 Å². The van der Waals surface area contributed by atoms with Crippen LogP contribution in [0.15, 0.2) is 97.2 Å². The summed E-state index contributed by atoms with van der Waals surface area (Å²) < 4.78 is 1.77. The predicted molar refractivity (Wildman–Crippen MR) is 130 cm³/mol. The van der Waals surface area contributed by atoms with Crippen molar-refractivity contribution in [2.75, 3.05) is 5.32 Å². The molecule has 3 aromatic carbocycles. The van der Waals surface area contributed by atoms with Gasteiger partial charge in [-0.05, 0) is 37.3 Å². The van der Waals surface area contributed by atoms with E-state index in [9.17, 15) is 9.59 Å². The lowest BCUT2D eigenvalue weighted by Gasteiger charge is -2.07. The fraction of sp³-hybridized carbons (Fsp3) is 0.0385. The summed E-state index contributed by atoms with van der Waals surface area (Å²) in [7, 11) is 0. The van der Waals surface area contributed by atoms with Crippen molar-refractivity contribution in [1.29, 1.82) is 0 Å². The van der Waals surface area contributed by atoms with E-state index in [0.29, 0.717) is 5.69 Å². The Kier molecular flexibility index (Phi) is 6.61. The van der Waals surface area contributed by atoms with Crippen molar-refractivity contribution in [2.45, 2.75) is 6.92 Å². The van der Waals surface area contributed by atoms with Gasteiger partial charge in [0.25, 0.3) is 5.91 Å². The van der Waals surface area contributed by atoms with Crippen LogP contribution in [0.5, 0.6) is 0 Å². The Labute approximate surface area is 191 Å². The van der Waals surface area contributed by atoms with Crippen LogP contribution in [0.25, 0.3) is 23.0 Å². The minimum absolute atomic E-state index is 0.472. The van der Waals surface area contributed by atoms with Crippen molar-refractivity contribution in [3.05, 3.63) is 108 Å². The van der Waals surface area contributed by atoms with E-state index >= 15 is 0 Å². The molecule has 3 N–H and O–H groups in total. The summed E-state index contributed by atoms with van der Waals surface area (Å²) in [5, 5.41) is 7.36. The Balaban J connectivity index is 1.45. The standard InChI is InChI=1S/C26H23N5O2/c1-19-12-15-22(16-13-19)27-26(33)29-28-24(32)17-14-21-18-31(23-10-6-3-7-11-23)30-25(21)20-8-4-2-5-9-20/h2-18H,1H3,(H,28,32)(H2,27,29,33)/b17-14+. The van der Waals surface area contributed by atoms with Crippen LogP contribution in [0.3, 0.4) is 0 Å². The van der Waals surface area contributed by atoms with Gasteiger partial charge < -0.3 is 5.32 Å². The second kappa shape index (κ2) is 10.1. The summed E-state index contributed by atoms with van der Waals surface area (Å²) in [6.07, 6.45) is 4.88. The number of nitrogens with zero attached hydrogens (tertiary/aromatic N) is 2. The molecular formula is C26H23N5O2. The molecular weight excluding hydrogens is 414 g/mol. The molecule has 1 aromatic heterocycles. The molecule has 164 valence electrons. The van der Waals surface area contributed by atoms with Crippen molar-refractivity contribution in [3.63, 3.8) is 0 Å². The molecule has 0 spiro atoms. The summed E-state index contributed by atoms with van der Waals surface area (Å²) in [6, 6.07) is 26.3. The Morgan fingerprint density at radius 3 is 2.21 bits per heavy atom. The first kappa shape index (κ1) is 21.6. The molecule has 0 bridgehead atoms. The number of para-hydroxylation sites is 1. The summed E-state index contributed by atoms with van der Waals surface area (Å²) in [4.78, 5) is 24.3. The zero-order chi connectivity index (χ0) is 23.0. The lowest BCUT2D eigenvalue weighted by atomic mass is 10.1. The third-order valence-electron chi connectivity index (χ3n) is 4.83. The van der Waals surface area contributed by atoms with Gasteiger partial charge in [-0.1, -0.05) is 66.2 Å².